The Hall–Kier alpha value is -1.11. The van der Waals surface area contributed by atoms with Crippen LogP contribution in [0.2, 0.25) is 0 Å². The lowest BCUT2D eigenvalue weighted by molar-refractivity contribution is 0.464. The van der Waals surface area contributed by atoms with E-state index in [1.54, 1.807) is 12.1 Å². The minimum absolute atomic E-state index is 0. The molecule has 0 spiro atoms. The Labute approximate surface area is 156 Å². The van der Waals surface area contributed by atoms with Crippen molar-refractivity contribution >= 4 is 29.9 Å². The number of rotatable bonds is 7. The van der Waals surface area contributed by atoms with Gasteiger partial charge in [0.1, 0.15) is 5.82 Å². The third kappa shape index (κ3) is 5.48. The van der Waals surface area contributed by atoms with Gasteiger partial charge in [-0.15, -0.1) is 30.6 Å². The van der Waals surface area contributed by atoms with E-state index >= 15 is 0 Å². The normalized spacial score (nSPS) is 15.5. The van der Waals surface area contributed by atoms with Gasteiger partial charge < -0.3 is 10.2 Å². The first kappa shape index (κ1) is 19.9. The van der Waals surface area contributed by atoms with Gasteiger partial charge in [0.2, 0.25) is 0 Å². The summed E-state index contributed by atoms with van der Waals surface area (Å²) >= 11 is 0. The molecule has 1 aliphatic carbocycles. The second-order valence-electron chi connectivity index (χ2n) is 6.04. The lowest BCUT2D eigenvalue weighted by Gasteiger charge is -2.24. The average molecular weight is 431 g/mol. The van der Waals surface area contributed by atoms with Crippen molar-refractivity contribution in [2.75, 3.05) is 27.2 Å². The Morgan fingerprint density at radius 3 is 2.57 bits per heavy atom. The zero-order valence-electron chi connectivity index (χ0n) is 14.0. The first-order valence-corrected chi connectivity index (χ1v) is 7.90. The van der Waals surface area contributed by atoms with Gasteiger partial charge in [0.05, 0.1) is 0 Å². The van der Waals surface area contributed by atoms with Crippen molar-refractivity contribution in [1.29, 1.82) is 0 Å². The number of hydrogen-bond donors (Lipinski definition) is 1. The highest BCUT2D eigenvalue weighted by Crippen LogP contribution is 2.47. The van der Waals surface area contributed by atoms with Crippen molar-refractivity contribution < 1.29 is 4.39 Å². The zero-order chi connectivity index (χ0) is 16.0. The van der Waals surface area contributed by atoms with E-state index in [1.807, 2.05) is 25.3 Å². The first-order valence-electron chi connectivity index (χ1n) is 7.90. The van der Waals surface area contributed by atoms with Crippen LogP contribution in [-0.2, 0) is 5.41 Å². The van der Waals surface area contributed by atoms with Crippen LogP contribution in [0.4, 0.5) is 4.39 Å². The molecule has 2 rings (SSSR count). The molecule has 0 amide bonds. The molecule has 128 valence electrons. The van der Waals surface area contributed by atoms with E-state index in [1.165, 1.54) is 5.56 Å². The standard InChI is InChI=1S/C18H26FN3.HI/c1-4-5-6-13-22(3)17(20-2)21-14-18(11-12-18)15-7-9-16(19)10-8-15;/h4,7-10H,1,5-6,11-14H2,2-3H3,(H,20,21);1H. The van der Waals surface area contributed by atoms with Crippen LogP contribution >= 0.6 is 24.0 Å². The predicted molar refractivity (Wildman–Crippen MR) is 106 cm³/mol. The van der Waals surface area contributed by atoms with Crippen molar-refractivity contribution in [1.82, 2.24) is 10.2 Å². The van der Waals surface area contributed by atoms with Crippen LogP contribution in [0.3, 0.4) is 0 Å². The second-order valence-corrected chi connectivity index (χ2v) is 6.04. The molecule has 3 nitrogen and oxygen atoms in total. The summed E-state index contributed by atoms with van der Waals surface area (Å²) in [7, 11) is 3.86. The molecule has 0 atom stereocenters. The molecule has 0 heterocycles. The monoisotopic (exact) mass is 431 g/mol. The van der Waals surface area contributed by atoms with E-state index < -0.39 is 0 Å². The Morgan fingerprint density at radius 1 is 1.39 bits per heavy atom. The van der Waals surface area contributed by atoms with Crippen molar-refractivity contribution in [3.8, 4) is 0 Å². The van der Waals surface area contributed by atoms with E-state index in [9.17, 15) is 4.39 Å². The molecule has 1 N–H and O–H groups in total. The van der Waals surface area contributed by atoms with Gasteiger partial charge in [-0.3, -0.25) is 4.99 Å². The molecule has 1 aromatic rings. The number of allylic oxidation sites excluding steroid dienone is 1. The van der Waals surface area contributed by atoms with Crippen molar-refractivity contribution in [2.24, 2.45) is 4.99 Å². The summed E-state index contributed by atoms with van der Waals surface area (Å²) in [5.41, 5.74) is 1.36. The lowest BCUT2D eigenvalue weighted by Crippen LogP contribution is -2.42. The summed E-state index contributed by atoms with van der Waals surface area (Å²) in [6.07, 6.45) is 6.31. The van der Waals surface area contributed by atoms with Crippen LogP contribution in [0.5, 0.6) is 0 Å². The number of hydrogen-bond acceptors (Lipinski definition) is 1. The van der Waals surface area contributed by atoms with Crippen LogP contribution in [0.25, 0.3) is 0 Å². The quantitative estimate of drug-likeness (QED) is 0.233. The Morgan fingerprint density at radius 2 is 2.04 bits per heavy atom. The smallest absolute Gasteiger partial charge is 0.193 e. The van der Waals surface area contributed by atoms with Gasteiger partial charge in [-0.2, -0.15) is 0 Å². The highest BCUT2D eigenvalue weighted by atomic mass is 127. The van der Waals surface area contributed by atoms with Gasteiger partial charge >= 0.3 is 0 Å². The SMILES string of the molecule is C=CCCCN(C)C(=NC)NCC1(c2ccc(F)cc2)CC1.I. The maximum absolute atomic E-state index is 13.1. The van der Waals surface area contributed by atoms with Gasteiger partial charge in [-0.1, -0.05) is 18.2 Å². The van der Waals surface area contributed by atoms with Gasteiger partial charge in [0, 0.05) is 32.6 Å². The van der Waals surface area contributed by atoms with Crippen molar-refractivity contribution in [2.45, 2.75) is 31.1 Å². The molecule has 23 heavy (non-hydrogen) atoms. The number of guanidine groups is 1. The van der Waals surface area contributed by atoms with Gasteiger partial charge in [-0.05, 0) is 43.4 Å². The van der Waals surface area contributed by atoms with Crippen LogP contribution < -0.4 is 5.32 Å². The minimum atomic E-state index is -0.176. The summed E-state index contributed by atoms with van der Waals surface area (Å²) in [5, 5.41) is 3.47. The molecular weight excluding hydrogens is 404 g/mol. The summed E-state index contributed by atoms with van der Waals surface area (Å²) in [6.45, 7) is 5.55. The fraction of sp³-hybridized carbons (Fsp3) is 0.500. The zero-order valence-corrected chi connectivity index (χ0v) is 16.3. The molecule has 0 unspecified atom stereocenters. The fourth-order valence-corrected chi connectivity index (χ4v) is 2.73. The molecule has 5 heteroatoms. The minimum Gasteiger partial charge on any atom is -0.355 e. The molecule has 0 saturated heterocycles. The maximum Gasteiger partial charge on any atom is 0.193 e. The predicted octanol–water partition coefficient (Wildman–Crippen LogP) is 3.95. The topological polar surface area (TPSA) is 27.6 Å². The molecular formula is C18H27FIN3. The van der Waals surface area contributed by atoms with Crippen LogP contribution in [0.1, 0.15) is 31.2 Å². The fourth-order valence-electron chi connectivity index (χ4n) is 2.73. The molecule has 1 aliphatic rings. The third-order valence-corrected chi connectivity index (χ3v) is 4.37. The van der Waals surface area contributed by atoms with Crippen LogP contribution in [-0.4, -0.2) is 38.0 Å². The average Bonchev–Trinajstić information content (AvgIpc) is 3.30. The largest absolute Gasteiger partial charge is 0.355 e. The second kappa shape index (κ2) is 9.25. The lowest BCUT2D eigenvalue weighted by atomic mass is 9.96. The Kier molecular flexibility index (Phi) is 8.02. The molecule has 1 aromatic carbocycles. The van der Waals surface area contributed by atoms with E-state index in [2.05, 4.69) is 28.8 Å². The van der Waals surface area contributed by atoms with E-state index in [4.69, 9.17) is 0 Å². The highest BCUT2D eigenvalue weighted by Gasteiger charge is 2.44. The molecule has 0 radical (unpaired) electrons. The number of halogens is 2. The van der Waals surface area contributed by atoms with Gasteiger partial charge in [0.15, 0.2) is 5.96 Å². The first-order chi connectivity index (χ1) is 10.6. The van der Waals surface area contributed by atoms with Gasteiger partial charge in [0.25, 0.3) is 0 Å². The maximum atomic E-state index is 13.1. The summed E-state index contributed by atoms with van der Waals surface area (Å²) in [5.74, 6) is 0.739. The molecule has 0 aromatic heterocycles. The highest BCUT2D eigenvalue weighted by molar-refractivity contribution is 14.0. The Bertz CT molecular complexity index is 524. The molecule has 1 saturated carbocycles. The van der Waals surface area contributed by atoms with Crippen molar-refractivity contribution in [3.63, 3.8) is 0 Å². The summed E-state index contributed by atoms with van der Waals surface area (Å²) in [4.78, 5) is 6.49. The third-order valence-electron chi connectivity index (χ3n) is 4.37. The number of unbranched alkanes of at least 4 members (excludes halogenated alkanes) is 1. The number of nitrogens with one attached hydrogen (secondary N) is 1. The van der Waals surface area contributed by atoms with E-state index in [0.29, 0.717) is 0 Å². The summed E-state index contributed by atoms with van der Waals surface area (Å²) in [6, 6.07) is 6.90. The molecule has 1 fully saturated rings. The van der Waals surface area contributed by atoms with E-state index in [0.717, 1.165) is 44.7 Å². The summed E-state index contributed by atoms with van der Waals surface area (Å²) < 4.78 is 13.1. The Balaban J connectivity index is 0.00000264. The van der Waals surface area contributed by atoms with Crippen LogP contribution in [0.15, 0.2) is 41.9 Å². The number of aliphatic imine (C=N–C) groups is 1. The molecule has 0 bridgehead atoms. The van der Waals surface area contributed by atoms with Crippen LogP contribution in [0, 0.1) is 5.82 Å². The van der Waals surface area contributed by atoms with Gasteiger partial charge in [-0.25, -0.2) is 4.39 Å². The molecule has 0 aliphatic heterocycles. The van der Waals surface area contributed by atoms with Crippen molar-refractivity contribution in [3.05, 3.63) is 48.3 Å². The van der Waals surface area contributed by atoms with E-state index in [-0.39, 0.29) is 35.2 Å². The number of nitrogens with zero attached hydrogens (tertiary/aromatic N) is 2. The number of benzene rings is 1.